The van der Waals surface area contributed by atoms with E-state index in [1.807, 2.05) is 0 Å². The van der Waals surface area contributed by atoms with Gasteiger partial charge in [-0.1, -0.05) is 6.07 Å². The Labute approximate surface area is 195 Å². The quantitative estimate of drug-likeness (QED) is 0.551. The zero-order valence-corrected chi connectivity index (χ0v) is 18.7. The summed E-state index contributed by atoms with van der Waals surface area (Å²) < 4.78 is 116. The fourth-order valence-electron chi connectivity index (χ4n) is 3.89. The number of nitrogens with one attached hydrogen (secondary N) is 1. The first-order valence-electron chi connectivity index (χ1n) is 10.3. The summed E-state index contributed by atoms with van der Waals surface area (Å²) in [6.45, 7) is -0.416. The molecule has 2 N–H and O–H groups in total. The van der Waals surface area contributed by atoms with Gasteiger partial charge in [0.15, 0.2) is 9.84 Å². The van der Waals surface area contributed by atoms with Crippen molar-refractivity contribution in [2.24, 2.45) is 0 Å². The largest absolute Gasteiger partial charge is 0.419 e. The molecule has 13 heteroatoms. The van der Waals surface area contributed by atoms with Gasteiger partial charge in [0.2, 0.25) is 0 Å². The number of carbonyl (C=O) groups excluding carboxylic acids is 1. The Morgan fingerprint density at radius 2 is 1.63 bits per heavy atom. The molecule has 1 fully saturated rings. The van der Waals surface area contributed by atoms with Crippen LogP contribution in [0.15, 0.2) is 47.4 Å². The average molecular weight is 527 g/mol. The lowest BCUT2D eigenvalue weighted by Crippen LogP contribution is -2.47. The highest BCUT2D eigenvalue weighted by Crippen LogP contribution is 2.36. The Hall–Kier alpha value is -2.67. The number of carbonyl (C=O) groups is 1. The molecule has 0 atom stereocenters. The molecular formula is C22H20F7NO4S. The van der Waals surface area contributed by atoms with E-state index in [1.54, 1.807) is 0 Å². The first-order chi connectivity index (χ1) is 16.0. The first kappa shape index (κ1) is 26.9. The van der Waals surface area contributed by atoms with Crippen LogP contribution in [-0.2, 0) is 22.2 Å². The van der Waals surface area contributed by atoms with Crippen molar-refractivity contribution in [3.8, 4) is 0 Å². The van der Waals surface area contributed by atoms with Crippen LogP contribution in [0, 0.1) is 5.82 Å². The molecule has 0 bridgehead atoms. The molecule has 0 aliphatic heterocycles. The lowest BCUT2D eigenvalue weighted by atomic mass is 9.84. The third-order valence-corrected chi connectivity index (χ3v) is 8.16. The van der Waals surface area contributed by atoms with E-state index in [1.165, 1.54) is 0 Å². The van der Waals surface area contributed by atoms with Gasteiger partial charge >= 0.3 is 12.4 Å². The van der Waals surface area contributed by atoms with E-state index in [0.717, 1.165) is 24.3 Å². The number of benzene rings is 2. The molecule has 3 rings (SSSR count). The molecule has 1 aliphatic carbocycles. The van der Waals surface area contributed by atoms with Crippen molar-refractivity contribution in [1.29, 1.82) is 0 Å². The summed E-state index contributed by atoms with van der Waals surface area (Å²) in [5.41, 5.74) is -4.79. The number of alkyl halides is 6. The third kappa shape index (κ3) is 6.13. The Morgan fingerprint density at radius 3 is 2.20 bits per heavy atom. The molecule has 1 amide bonds. The van der Waals surface area contributed by atoms with Crippen LogP contribution < -0.4 is 5.32 Å². The van der Waals surface area contributed by atoms with Gasteiger partial charge in [-0.2, -0.15) is 26.3 Å². The molecule has 2 aromatic rings. The monoisotopic (exact) mass is 527 g/mol. The zero-order valence-electron chi connectivity index (χ0n) is 17.9. The average Bonchev–Trinajstić information content (AvgIpc) is 2.77. The maximum atomic E-state index is 13.4. The SMILES string of the molecule is O=C(NC[C@]1(O)CC[C@@H](S(=O)(=O)c2cccc(C(F)(F)F)c2)CC1)c1ccc(F)c(C(F)(F)F)c1. The van der Waals surface area contributed by atoms with Crippen LogP contribution in [0.5, 0.6) is 0 Å². The summed E-state index contributed by atoms with van der Waals surface area (Å²) in [7, 11) is -4.13. The van der Waals surface area contributed by atoms with Crippen LogP contribution >= 0.6 is 0 Å². The van der Waals surface area contributed by atoms with E-state index in [4.69, 9.17) is 0 Å². The third-order valence-electron chi connectivity index (χ3n) is 5.90. The second-order valence-corrected chi connectivity index (χ2v) is 10.6. The molecule has 0 aromatic heterocycles. The van der Waals surface area contributed by atoms with Gasteiger partial charge in [0.1, 0.15) is 5.82 Å². The Kier molecular flexibility index (Phi) is 7.24. The number of sulfone groups is 1. The standard InChI is InChI=1S/C22H20F7NO4S/c23-18-5-4-13(10-17(18)22(27,28)29)19(31)30-12-20(32)8-6-15(7-9-20)35(33,34)16-3-1-2-14(11-16)21(24,25)26/h1-5,10-11,15,32H,6-9,12H2,(H,30,31)/t15-,20+. The summed E-state index contributed by atoms with van der Waals surface area (Å²) in [4.78, 5) is 11.7. The van der Waals surface area contributed by atoms with Crippen LogP contribution in [-0.4, -0.2) is 36.8 Å². The van der Waals surface area contributed by atoms with Gasteiger partial charge in [-0.25, -0.2) is 12.8 Å². The second-order valence-electron chi connectivity index (χ2n) is 8.37. The van der Waals surface area contributed by atoms with E-state index < -0.39 is 72.9 Å². The van der Waals surface area contributed by atoms with E-state index in [9.17, 15) is 49.1 Å². The Bertz CT molecular complexity index is 1200. The Balaban J connectivity index is 1.65. The summed E-state index contributed by atoms with van der Waals surface area (Å²) in [5, 5.41) is 11.9. The summed E-state index contributed by atoms with van der Waals surface area (Å²) >= 11 is 0. The molecule has 0 spiro atoms. The normalized spacial score (nSPS) is 21.5. The van der Waals surface area contributed by atoms with Crippen molar-refractivity contribution in [2.45, 2.75) is 53.8 Å². The molecule has 5 nitrogen and oxygen atoms in total. The van der Waals surface area contributed by atoms with Crippen LogP contribution in [0.1, 0.15) is 47.2 Å². The molecule has 1 aliphatic rings. The van der Waals surface area contributed by atoms with Gasteiger partial charge in [0, 0.05) is 12.1 Å². The summed E-state index contributed by atoms with van der Waals surface area (Å²) in [5.74, 6) is -2.55. The van der Waals surface area contributed by atoms with Crippen molar-refractivity contribution in [1.82, 2.24) is 5.32 Å². The molecule has 35 heavy (non-hydrogen) atoms. The van der Waals surface area contributed by atoms with Gasteiger partial charge in [0.05, 0.1) is 26.9 Å². The maximum absolute atomic E-state index is 13.4. The smallest absolute Gasteiger partial charge is 0.388 e. The molecule has 1 saturated carbocycles. The molecular weight excluding hydrogens is 507 g/mol. The topological polar surface area (TPSA) is 83.5 Å². The second kappa shape index (κ2) is 9.41. The van der Waals surface area contributed by atoms with E-state index in [-0.39, 0.29) is 25.7 Å². The minimum absolute atomic E-state index is 0.111. The summed E-state index contributed by atoms with van der Waals surface area (Å²) in [6, 6.07) is 5.04. The highest BCUT2D eigenvalue weighted by molar-refractivity contribution is 7.92. The van der Waals surface area contributed by atoms with Gasteiger partial charge in [-0.3, -0.25) is 4.79 Å². The highest BCUT2D eigenvalue weighted by Gasteiger charge is 2.40. The van der Waals surface area contributed by atoms with Crippen LogP contribution in [0.2, 0.25) is 0 Å². The highest BCUT2D eigenvalue weighted by atomic mass is 32.2. The maximum Gasteiger partial charge on any atom is 0.419 e. The molecule has 0 unspecified atom stereocenters. The van der Waals surface area contributed by atoms with E-state index in [0.29, 0.717) is 18.2 Å². The molecule has 0 radical (unpaired) electrons. The van der Waals surface area contributed by atoms with Crippen molar-refractivity contribution in [3.63, 3.8) is 0 Å². The van der Waals surface area contributed by atoms with E-state index >= 15 is 0 Å². The van der Waals surface area contributed by atoms with Crippen LogP contribution in [0.4, 0.5) is 30.7 Å². The minimum Gasteiger partial charge on any atom is -0.388 e. The van der Waals surface area contributed by atoms with E-state index in [2.05, 4.69) is 5.32 Å². The van der Waals surface area contributed by atoms with Gasteiger partial charge < -0.3 is 10.4 Å². The van der Waals surface area contributed by atoms with Gasteiger partial charge in [-0.15, -0.1) is 0 Å². The number of halogens is 7. The number of hydrogen-bond acceptors (Lipinski definition) is 4. The van der Waals surface area contributed by atoms with Gasteiger partial charge in [-0.05, 0) is 62.1 Å². The number of hydrogen-bond donors (Lipinski definition) is 2. The number of rotatable bonds is 5. The predicted molar refractivity (Wildman–Crippen MR) is 110 cm³/mol. The molecule has 0 heterocycles. The van der Waals surface area contributed by atoms with Crippen LogP contribution in [0.3, 0.4) is 0 Å². The Morgan fingerprint density at radius 1 is 1.00 bits per heavy atom. The lowest BCUT2D eigenvalue weighted by molar-refractivity contribution is -0.140. The van der Waals surface area contributed by atoms with Crippen molar-refractivity contribution >= 4 is 15.7 Å². The first-order valence-corrected chi connectivity index (χ1v) is 11.9. The number of amides is 1. The van der Waals surface area contributed by atoms with Crippen LogP contribution in [0.25, 0.3) is 0 Å². The molecule has 192 valence electrons. The lowest BCUT2D eigenvalue weighted by Gasteiger charge is -2.36. The van der Waals surface area contributed by atoms with Crippen molar-refractivity contribution in [3.05, 3.63) is 65.0 Å². The van der Waals surface area contributed by atoms with Gasteiger partial charge in [0.25, 0.3) is 5.91 Å². The molecule has 0 saturated heterocycles. The fourth-order valence-corrected chi connectivity index (χ4v) is 5.69. The fraction of sp³-hybridized carbons (Fsp3) is 0.409. The minimum atomic E-state index is -5.01. The molecule has 2 aromatic carbocycles. The summed E-state index contributed by atoms with van der Waals surface area (Å²) in [6.07, 6.45) is -10.2. The predicted octanol–water partition coefficient (Wildman–Crippen LogP) is 4.74. The number of aliphatic hydroxyl groups is 1. The van der Waals surface area contributed by atoms with Crippen molar-refractivity contribution < 1.29 is 49.1 Å². The van der Waals surface area contributed by atoms with Crippen molar-refractivity contribution in [2.75, 3.05) is 6.54 Å². The zero-order chi connectivity index (χ0) is 26.2.